The van der Waals surface area contributed by atoms with Gasteiger partial charge in [0.25, 0.3) is 5.91 Å². The largest absolute Gasteiger partial charge is 0.347 e. The van der Waals surface area contributed by atoms with E-state index in [1.54, 1.807) is 28.4 Å². The summed E-state index contributed by atoms with van der Waals surface area (Å²) in [7, 11) is -3.36. The zero-order chi connectivity index (χ0) is 37.1. The lowest BCUT2D eigenvalue weighted by Crippen LogP contribution is -2.65. The number of Topliss-reactive ketones (excluding diaryl/α,β-unsaturated/α-hetero) is 1. The second-order valence-electron chi connectivity index (χ2n) is 16.6. The van der Waals surface area contributed by atoms with Crippen molar-refractivity contribution in [1.82, 2.24) is 26.2 Å². The van der Waals surface area contributed by atoms with E-state index in [9.17, 15) is 27.6 Å². The normalized spacial score (nSPS) is 28.7. The number of sulfone groups is 1. The van der Waals surface area contributed by atoms with Gasteiger partial charge in [0, 0.05) is 19.0 Å². The lowest BCUT2D eigenvalue weighted by atomic mass is 9.70. The maximum atomic E-state index is 15.1. The Kier molecular flexibility index (Phi) is 12.5. The molecule has 0 aromatic heterocycles. The summed E-state index contributed by atoms with van der Waals surface area (Å²) in [5, 5.41) is 11.3. The standard InChI is InChI=1S/C37H59N5O7S3/c1-3-12-26(29(43)32(45)38-25-14-15-25)39-31(44)27-23-37(50-20-11-21-51-37)24-42(27)33(46)30(35(2)16-6-4-7-17-35)40-34(47)41-36(18-8-5-9-19-36)28-13-10-22-52(28,48)49/h25-28,30H,3-24H2,1-2H3,(H,38,45)(H,39,44)(H2,40,41,47)/t26-,27+,28+,30-/m1/s1. The average Bonchev–Trinajstić information content (AvgIpc) is 3.75. The topological polar surface area (TPSA) is 171 Å². The number of thioether (sulfide) groups is 2. The van der Waals surface area contributed by atoms with Crippen LogP contribution in [0.4, 0.5) is 4.79 Å². The van der Waals surface area contributed by atoms with Crippen LogP contribution in [0.3, 0.4) is 0 Å². The van der Waals surface area contributed by atoms with Crippen molar-refractivity contribution < 1.29 is 32.4 Å². The van der Waals surface area contributed by atoms with E-state index in [4.69, 9.17) is 0 Å². The maximum absolute atomic E-state index is 15.1. The lowest BCUT2D eigenvalue weighted by Gasteiger charge is -2.45. The molecule has 12 nitrogen and oxygen atoms in total. The van der Waals surface area contributed by atoms with Gasteiger partial charge in [0.05, 0.1) is 26.7 Å². The zero-order valence-electron chi connectivity index (χ0n) is 31.0. The Bertz CT molecular complexity index is 1470. The number of amides is 5. The highest BCUT2D eigenvalue weighted by molar-refractivity contribution is 8.18. The van der Waals surface area contributed by atoms with Crippen LogP contribution in [0.2, 0.25) is 0 Å². The van der Waals surface area contributed by atoms with Crippen molar-refractivity contribution in [3.05, 3.63) is 0 Å². The van der Waals surface area contributed by atoms with E-state index in [0.717, 1.165) is 82.1 Å². The molecule has 3 heterocycles. The predicted molar refractivity (Wildman–Crippen MR) is 205 cm³/mol. The Hall–Kier alpha value is -2.00. The quantitative estimate of drug-likeness (QED) is 0.212. The Balaban J connectivity index is 1.26. The summed E-state index contributed by atoms with van der Waals surface area (Å²) in [5.74, 6) is -0.163. The Labute approximate surface area is 317 Å². The smallest absolute Gasteiger partial charge is 0.315 e. The molecule has 0 unspecified atom stereocenters. The van der Waals surface area contributed by atoms with Gasteiger partial charge in [0.15, 0.2) is 9.84 Å². The van der Waals surface area contributed by atoms with Gasteiger partial charge >= 0.3 is 6.03 Å². The van der Waals surface area contributed by atoms with Crippen molar-refractivity contribution in [3.63, 3.8) is 0 Å². The van der Waals surface area contributed by atoms with Crippen LogP contribution in [0.5, 0.6) is 0 Å². The van der Waals surface area contributed by atoms with E-state index < -0.39 is 71.9 Å². The summed E-state index contributed by atoms with van der Waals surface area (Å²) in [6.07, 6.45) is 13.3. The molecule has 3 saturated carbocycles. The van der Waals surface area contributed by atoms with Crippen LogP contribution < -0.4 is 21.3 Å². The molecule has 4 N–H and O–H groups in total. The number of urea groups is 1. The number of carbonyl (C=O) groups is 5. The minimum Gasteiger partial charge on any atom is -0.347 e. The van der Waals surface area contributed by atoms with Crippen molar-refractivity contribution in [1.29, 1.82) is 0 Å². The summed E-state index contributed by atoms with van der Waals surface area (Å²) < 4.78 is 26.1. The number of rotatable bonds is 12. The fourth-order valence-corrected chi connectivity index (χ4v) is 15.2. The molecule has 3 saturated heterocycles. The number of likely N-dealkylation sites (tertiary alicyclic amines) is 1. The number of hydrogen-bond donors (Lipinski definition) is 4. The second kappa shape index (κ2) is 16.4. The second-order valence-corrected chi connectivity index (χ2v) is 22.1. The molecule has 6 fully saturated rings. The molecule has 0 aromatic carbocycles. The van der Waals surface area contributed by atoms with Gasteiger partial charge < -0.3 is 26.2 Å². The zero-order valence-corrected chi connectivity index (χ0v) is 33.4. The molecule has 0 radical (unpaired) electrons. The molecule has 4 atom stereocenters. The molecule has 6 aliphatic rings. The van der Waals surface area contributed by atoms with Crippen LogP contribution in [0.15, 0.2) is 0 Å². The summed E-state index contributed by atoms with van der Waals surface area (Å²) in [4.78, 5) is 71.2. The first kappa shape index (κ1) is 39.7. The maximum Gasteiger partial charge on any atom is 0.315 e. The summed E-state index contributed by atoms with van der Waals surface area (Å²) >= 11 is 3.54. The van der Waals surface area contributed by atoms with Crippen molar-refractivity contribution in [2.75, 3.05) is 23.8 Å². The van der Waals surface area contributed by atoms with Crippen LogP contribution >= 0.6 is 23.5 Å². The number of hydrogen-bond acceptors (Lipinski definition) is 9. The molecule has 1 spiro atoms. The van der Waals surface area contributed by atoms with E-state index in [2.05, 4.69) is 21.3 Å². The number of ketones is 1. The van der Waals surface area contributed by atoms with Crippen LogP contribution in [-0.2, 0) is 29.0 Å². The molecule has 292 valence electrons. The highest BCUT2D eigenvalue weighted by atomic mass is 32.2. The Morgan fingerprint density at radius 1 is 0.846 bits per heavy atom. The van der Waals surface area contributed by atoms with E-state index in [1.807, 2.05) is 13.8 Å². The van der Waals surface area contributed by atoms with Gasteiger partial charge in [-0.2, -0.15) is 0 Å². The van der Waals surface area contributed by atoms with E-state index in [-0.39, 0.29) is 17.7 Å². The monoisotopic (exact) mass is 781 g/mol. The highest BCUT2D eigenvalue weighted by Gasteiger charge is 2.55. The van der Waals surface area contributed by atoms with Crippen LogP contribution in [0.1, 0.15) is 129 Å². The molecule has 52 heavy (non-hydrogen) atoms. The van der Waals surface area contributed by atoms with Crippen molar-refractivity contribution in [3.8, 4) is 0 Å². The number of nitrogens with one attached hydrogen (secondary N) is 4. The predicted octanol–water partition coefficient (Wildman–Crippen LogP) is 4.20. The lowest BCUT2D eigenvalue weighted by molar-refractivity contribution is -0.144. The number of carbonyl (C=O) groups excluding carboxylic acids is 5. The molecule has 3 aliphatic carbocycles. The van der Waals surface area contributed by atoms with E-state index >= 15 is 4.79 Å². The van der Waals surface area contributed by atoms with Crippen LogP contribution in [0.25, 0.3) is 0 Å². The average molecular weight is 782 g/mol. The fraction of sp³-hybridized carbons (Fsp3) is 0.865. The molecule has 3 aliphatic heterocycles. The molecule has 15 heteroatoms. The third-order valence-electron chi connectivity index (χ3n) is 12.5. The third kappa shape index (κ3) is 8.76. The van der Waals surface area contributed by atoms with Gasteiger partial charge in [0.1, 0.15) is 12.1 Å². The highest BCUT2D eigenvalue weighted by Crippen LogP contribution is 2.51. The summed E-state index contributed by atoms with van der Waals surface area (Å²) in [6.45, 7) is 4.27. The minimum atomic E-state index is -3.36. The molecular weight excluding hydrogens is 723 g/mol. The van der Waals surface area contributed by atoms with Gasteiger partial charge in [-0.3, -0.25) is 19.2 Å². The Morgan fingerprint density at radius 3 is 2.10 bits per heavy atom. The summed E-state index contributed by atoms with van der Waals surface area (Å²) in [5.41, 5.74) is -1.45. The van der Waals surface area contributed by atoms with Gasteiger partial charge in [-0.1, -0.05) is 58.8 Å². The van der Waals surface area contributed by atoms with Crippen LogP contribution in [0, 0.1) is 5.41 Å². The molecule has 0 bridgehead atoms. The first-order valence-electron chi connectivity index (χ1n) is 19.8. The van der Waals surface area contributed by atoms with E-state index in [1.165, 1.54) is 0 Å². The van der Waals surface area contributed by atoms with Gasteiger partial charge in [-0.05, 0) is 81.1 Å². The third-order valence-corrected chi connectivity index (χ3v) is 18.3. The van der Waals surface area contributed by atoms with Crippen molar-refractivity contribution >= 4 is 62.9 Å². The van der Waals surface area contributed by atoms with Crippen molar-refractivity contribution in [2.24, 2.45) is 5.41 Å². The number of nitrogens with zero attached hydrogens (tertiary/aromatic N) is 1. The van der Waals surface area contributed by atoms with E-state index in [0.29, 0.717) is 51.5 Å². The molecule has 5 amide bonds. The van der Waals surface area contributed by atoms with Crippen molar-refractivity contribution in [2.45, 2.75) is 168 Å². The first-order chi connectivity index (χ1) is 24.8. The van der Waals surface area contributed by atoms with Crippen LogP contribution in [-0.4, -0.2) is 106 Å². The SMILES string of the molecule is CCC[C@@H](NC(=O)[C@@H]1CC2(CN1C(=O)[C@@H](NC(=O)NC1([C@@H]3CCCS3(=O)=O)CCCCC1)C1(C)CCCCC1)SCCCS2)C(=O)C(=O)NC1CC1. The molecular formula is C37H59N5O7S3. The van der Waals surface area contributed by atoms with Gasteiger partial charge in [-0.15, -0.1) is 23.5 Å². The fourth-order valence-electron chi connectivity index (χ4n) is 9.46. The van der Waals surface area contributed by atoms with Gasteiger partial charge in [0.2, 0.25) is 17.6 Å². The molecule has 0 aromatic rings. The summed E-state index contributed by atoms with van der Waals surface area (Å²) in [6, 6.07) is -3.32. The molecule has 6 rings (SSSR count). The Morgan fingerprint density at radius 2 is 1.50 bits per heavy atom. The van der Waals surface area contributed by atoms with Gasteiger partial charge in [-0.25, -0.2) is 13.2 Å². The first-order valence-corrected chi connectivity index (χ1v) is 23.5. The minimum absolute atomic E-state index is 0.0101.